The van der Waals surface area contributed by atoms with E-state index < -0.39 is 43.2 Å². The summed E-state index contributed by atoms with van der Waals surface area (Å²) in [6.45, 7) is 4.52. The SMILES string of the molecule is CC(C)NC[C@@H](O)CCOc1ccc(Cc2cc([C@@H]3O[C@H](CO)[C@@H](O)[C@H](O)[C@H]3O)ccc2Cl)cc1. The third kappa shape index (κ3) is 7.62. The standard InChI is InChI=1S/C26H36ClNO7/c1-15(2)28-13-19(30)9-10-34-20-6-3-16(4-7-20)11-18-12-17(5-8-21(18)27)26-25(33)24(32)23(31)22(14-29)35-26/h3-8,12,15,19,22-26,28-33H,9-11,13-14H2,1-2H3/t19-,22+,23+,24-,25+,26-/m0/s1. The van der Waals surface area contributed by atoms with E-state index in [9.17, 15) is 25.5 Å². The number of rotatable bonds is 11. The van der Waals surface area contributed by atoms with Crippen molar-refractivity contribution >= 4 is 11.6 Å². The summed E-state index contributed by atoms with van der Waals surface area (Å²) >= 11 is 6.42. The summed E-state index contributed by atoms with van der Waals surface area (Å²) in [6.07, 6.45) is -5.50. The molecular weight excluding hydrogens is 474 g/mol. The first-order valence-corrected chi connectivity index (χ1v) is 12.3. The minimum atomic E-state index is -1.44. The van der Waals surface area contributed by atoms with E-state index in [2.05, 4.69) is 5.32 Å². The molecule has 194 valence electrons. The fourth-order valence-corrected chi connectivity index (χ4v) is 4.18. The second-order valence-corrected chi connectivity index (χ2v) is 9.68. The number of aliphatic hydroxyl groups excluding tert-OH is 5. The van der Waals surface area contributed by atoms with Gasteiger partial charge in [-0.3, -0.25) is 0 Å². The smallest absolute Gasteiger partial charge is 0.119 e. The molecule has 8 nitrogen and oxygen atoms in total. The van der Waals surface area contributed by atoms with E-state index in [1.165, 1.54) is 0 Å². The molecule has 0 amide bonds. The van der Waals surface area contributed by atoms with Gasteiger partial charge in [-0.2, -0.15) is 0 Å². The van der Waals surface area contributed by atoms with Crippen LogP contribution in [-0.2, 0) is 11.2 Å². The van der Waals surface area contributed by atoms with Gasteiger partial charge < -0.3 is 40.3 Å². The van der Waals surface area contributed by atoms with Crippen molar-refractivity contribution in [1.82, 2.24) is 5.32 Å². The van der Waals surface area contributed by atoms with Gasteiger partial charge >= 0.3 is 0 Å². The van der Waals surface area contributed by atoms with Gasteiger partial charge in [0.15, 0.2) is 0 Å². The molecule has 6 N–H and O–H groups in total. The van der Waals surface area contributed by atoms with Crippen molar-refractivity contribution in [3.63, 3.8) is 0 Å². The second-order valence-electron chi connectivity index (χ2n) is 9.27. The fraction of sp³-hybridized carbons (Fsp3) is 0.538. The molecule has 1 aliphatic rings. The molecule has 0 saturated carbocycles. The van der Waals surface area contributed by atoms with E-state index >= 15 is 0 Å². The average Bonchev–Trinajstić information content (AvgIpc) is 2.84. The van der Waals surface area contributed by atoms with Crippen LogP contribution in [0.15, 0.2) is 42.5 Å². The van der Waals surface area contributed by atoms with Crippen molar-refractivity contribution in [3.8, 4) is 5.75 Å². The van der Waals surface area contributed by atoms with Gasteiger partial charge in [0.2, 0.25) is 0 Å². The van der Waals surface area contributed by atoms with Crippen LogP contribution in [0, 0.1) is 0 Å². The largest absolute Gasteiger partial charge is 0.493 e. The highest BCUT2D eigenvalue weighted by Crippen LogP contribution is 2.34. The van der Waals surface area contributed by atoms with Gasteiger partial charge in [-0.15, -0.1) is 0 Å². The van der Waals surface area contributed by atoms with Gasteiger partial charge in [-0.1, -0.05) is 49.7 Å². The van der Waals surface area contributed by atoms with Gasteiger partial charge in [-0.05, 0) is 41.3 Å². The number of aliphatic hydroxyl groups is 5. The molecule has 9 heteroatoms. The van der Waals surface area contributed by atoms with Crippen LogP contribution in [0.4, 0.5) is 0 Å². The van der Waals surface area contributed by atoms with Crippen molar-refractivity contribution in [2.24, 2.45) is 0 Å². The minimum Gasteiger partial charge on any atom is -0.493 e. The Labute approximate surface area is 211 Å². The molecule has 2 aromatic rings. The highest BCUT2D eigenvalue weighted by atomic mass is 35.5. The van der Waals surface area contributed by atoms with Crippen molar-refractivity contribution < 1.29 is 35.0 Å². The Morgan fingerprint density at radius 3 is 2.40 bits per heavy atom. The molecule has 1 saturated heterocycles. The molecule has 0 spiro atoms. The van der Waals surface area contributed by atoms with Crippen LogP contribution in [0.2, 0.25) is 5.02 Å². The van der Waals surface area contributed by atoms with Crippen LogP contribution in [0.5, 0.6) is 5.75 Å². The van der Waals surface area contributed by atoms with E-state index in [-0.39, 0.29) is 0 Å². The number of halogens is 1. The topological polar surface area (TPSA) is 132 Å². The zero-order valence-corrected chi connectivity index (χ0v) is 20.8. The number of hydrogen-bond donors (Lipinski definition) is 6. The molecule has 1 heterocycles. The highest BCUT2D eigenvalue weighted by molar-refractivity contribution is 6.31. The molecule has 0 radical (unpaired) electrons. The van der Waals surface area contributed by atoms with E-state index in [4.69, 9.17) is 21.1 Å². The van der Waals surface area contributed by atoms with E-state index in [1.807, 2.05) is 38.1 Å². The van der Waals surface area contributed by atoms with Gasteiger partial charge in [0.1, 0.15) is 36.3 Å². The first-order chi connectivity index (χ1) is 16.7. The Balaban J connectivity index is 1.61. The fourth-order valence-electron chi connectivity index (χ4n) is 3.99. The summed E-state index contributed by atoms with van der Waals surface area (Å²) in [4.78, 5) is 0. The Hall–Kier alpha value is -1.75. The third-order valence-electron chi connectivity index (χ3n) is 6.09. The maximum absolute atomic E-state index is 10.4. The van der Waals surface area contributed by atoms with Crippen molar-refractivity contribution in [2.45, 2.75) is 69.4 Å². The van der Waals surface area contributed by atoms with Gasteiger partial charge in [0.05, 0.1) is 19.3 Å². The Bertz CT molecular complexity index is 924. The summed E-state index contributed by atoms with van der Waals surface area (Å²) in [5, 5.41) is 53.7. The molecule has 1 fully saturated rings. The van der Waals surface area contributed by atoms with E-state index in [0.717, 1.165) is 11.1 Å². The molecule has 6 atom stereocenters. The summed E-state index contributed by atoms with van der Waals surface area (Å²) in [5.74, 6) is 0.707. The summed E-state index contributed by atoms with van der Waals surface area (Å²) < 4.78 is 11.4. The lowest BCUT2D eigenvalue weighted by molar-refractivity contribution is -0.231. The van der Waals surface area contributed by atoms with Crippen molar-refractivity contribution in [2.75, 3.05) is 19.8 Å². The zero-order chi connectivity index (χ0) is 25.5. The number of nitrogens with one attached hydrogen (secondary N) is 1. The van der Waals surface area contributed by atoms with Gasteiger partial charge in [0.25, 0.3) is 0 Å². The van der Waals surface area contributed by atoms with E-state index in [1.54, 1.807) is 18.2 Å². The van der Waals surface area contributed by atoms with Gasteiger partial charge in [0, 0.05) is 24.0 Å². The van der Waals surface area contributed by atoms with Crippen LogP contribution in [-0.4, -0.2) is 81.9 Å². The van der Waals surface area contributed by atoms with Crippen LogP contribution in [0.1, 0.15) is 43.1 Å². The predicted octanol–water partition coefficient (Wildman–Crippen LogP) is 1.57. The number of hydrogen-bond acceptors (Lipinski definition) is 8. The normalized spacial score (nSPS) is 25.6. The molecule has 0 aliphatic carbocycles. The number of ether oxygens (including phenoxy) is 2. The Morgan fingerprint density at radius 2 is 1.74 bits per heavy atom. The second kappa shape index (κ2) is 13.0. The van der Waals surface area contributed by atoms with Crippen LogP contribution >= 0.6 is 11.6 Å². The maximum Gasteiger partial charge on any atom is 0.119 e. The summed E-state index contributed by atoms with van der Waals surface area (Å²) in [7, 11) is 0. The lowest BCUT2D eigenvalue weighted by atomic mass is 9.90. The molecule has 3 rings (SSSR count). The lowest BCUT2D eigenvalue weighted by Crippen LogP contribution is -2.55. The summed E-state index contributed by atoms with van der Waals surface area (Å²) in [5.41, 5.74) is 2.38. The monoisotopic (exact) mass is 509 g/mol. The quantitative estimate of drug-likeness (QED) is 0.269. The third-order valence-corrected chi connectivity index (χ3v) is 6.46. The lowest BCUT2D eigenvalue weighted by Gasteiger charge is -2.40. The molecule has 1 aliphatic heterocycles. The Morgan fingerprint density at radius 1 is 1.03 bits per heavy atom. The first kappa shape index (κ1) is 27.8. The Kier molecular flexibility index (Phi) is 10.3. The summed E-state index contributed by atoms with van der Waals surface area (Å²) in [6, 6.07) is 13.1. The van der Waals surface area contributed by atoms with Crippen molar-refractivity contribution in [3.05, 3.63) is 64.2 Å². The van der Waals surface area contributed by atoms with E-state index in [0.29, 0.717) is 48.4 Å². The van der Waals surface area contributed by atoms with Crippen molar-refractivity contribution in [1.29, 1.82) is 0 Å². The minimum absolute atomic E-state index is 0.324. The molecule has 35 heavy (non-hydrogen) atoms. The van der Waals surface area contributed by atoms with Gasteiger partial charge in [-0.25, -0.2) is 0 Å². The molecular formula is C26H36ClNO7. The predicted molar refractivity (Wildman–Crippen MR) is 133 cm³/mol. The number of benzene rings is 2. The molecule has 0 bridgehead atoms. The zero-order valence-electron chi connectivity index (χ0n) is 20.0. The average molecular weight is 510 g/mol. The molecule has 2 aromatic carbocycles. The highest BCUT2D eigenvalue weighted by Gasteiger charge is 2.44. The molecule has 0 aromatic heterocycles. The first-order valence-electron chi connectivity index (χ1n) is 11.9. The van der Waals surface area contributed by atoms with Crippen LogP contribution in [0.25, 0.3) is 0 Å². The van der Waals surface area contributed by atoms with Crippen LogP contribution in [0.3, 0.4) is 0 Å². The maximum atomic E-state index is 10.4. The molecule has 0 unspecified atom stereocenters. The van der Waals surface area contributed by atoms with Crippen LogP contribution < -0.4 is 10.1 Å².